The molecule has 0 saturated carbocycles. The van der Waals surface area contributed by atoms with E-state index in [9.17, 15) is 17.6 Å². The number of likely N-dealkylation sites (tertiary alicyclic amines) is 1. The van der Waals surface area contributed by atoms with E-state index in [2.05, 4.69) is 25.1 Å². The summed E-state index contributed by atoms with van der Waals surface area (Å²) >= 11 is 5.91. The van der Waals surface area contributed by atoms with Gasteiger partial charge in [-0.3, -0.25) is 9.88 Å². The summed E-state index contributed by atoms with van der Waals surface area (Å²) in [5.41, 5.74) is 3.65. The predicted octanol–water partition coefficient (Wildman–Crippen LogP) is 6.72. The molecule has 3 aliphatic rings. The quantitative estimate of drug-likeness (QED) is 0.227. The van der Waals surface area contributed by atoms with Gasteiger partial charge in [0, 0.05) is 34.8 Å². The number of hydrogen-bond donors (Lipinski definition) is 1. The molecule has 4 aromatic rings. The second-order valence-electron chi connectivity index (χ2n) is 11.4. The smallest absolute Gasteiger partial charge is 0.447 e. The Labute approximate surface area is 255 Å². The Kier molecular flexibility index (Phi) is 7.67. The van der Waals surface area contributed by atoms with Gasteiger partial charge in [-0.2, -0.15) is 13.2 Å². The molecule has 2 saturated heterocycles. The van der Waals surface area contributed by atoms with Gasteiger partial charge in [-0.15, -0.1) is 10.2 Å². The minimum absolute atomic E-state index is 0.0333. The molecule has 2 fully saturated rings. The van der Waals surface area contributed by atoms with Gasteiger partial charge >= 0.3 is 6.18 Å². The number of fused-ring (bicyclic) bond motifs is 1. The van der Waals surface area contributed by atoms with Crippen molar-refractivity contribution < 1.29 is 31.8 Å². The number of hydrogen-bond acceptors (Lipinski definition) is 7. The van der Waals surface area contributed by atoms with Crippen LogP contribution in [0.4, 0.5) is 17.6 Å². The van der Waals surface area contributed by atoms with Gasteiger partial charge < -0.3 is 19.2 Å². The van der Waals surface area contributed by atoms with Crippen LogP contribution in [-0.4, -0.2) is 51.4 Å². The molecular formula is C31H28ClF4N5O3. The van der Waals surface area contributed by atoms with E-state index < -0.39 is 24.1 Å². The van der Waals surface area contributed by atoms with Gasteiger partial charge in [0.1, 0.15) is 5.82 Å². The third kappa shape index (κ3) is 5.85. The zero-order valence-electron chi connectivity index (χ0n) is 23.4. The van der Waals surface area contributed by atoms with E-state index in [1.54, 1.807) is 18.3 Å². The summed E-state index contributed by atoms with van der Waals surface area (Å²) in [5, 5.41) is 7.26. The lowest BCUT2D eigenvalue weighted by atomic mass is 9.88. The molecule has 13 heteroatoms. The van der Waals surface area contributed by atoms with Crippen molar-refractivity contribution in [3.8, 4) is 22.9 Å². The molecule has 7 rings (SSSR count). The number of piperidine rings is 1. The third-order valence-corrected chi connectivity index (χ3v) is 8.62. The highest BCUT2D eigenvalue weighted by Gasteiger charge is 2.36. The summed E-state index contributed by atoms with van der Waals surface area (Å²) in [4.78, 5) is 9.28. The second kappa shape index (κ2) is 11.6. The molecule has 3 aliphatic heterocycles. The third-order valence-electron chi connectivity index (χ3n) is 8.39. The Bertz CT molecular complexity index is 1670. The van der Waals surface area contributed by atoms with E-state index in [4.69, 9.17) is 25.8 Å². The number of para-hydroxylation sites is 1. The van der Waals surface area contributed by atoms with E-state index in [0.717, 1.165) is 49.2 Å². The SMILES string of the molecule is Fc1cc(Cl)ccc1[C@H]1Oc2cccc(C3CCN(Cc4ncc(-c5nnc(C(F)(F)F)[nH]5)cc4CC4COC4)CC3)c2O1. The van der Waals surface area contributed by atoms with Crippen molar-refractivity contribution in [2.75, 3.05) is 26.3 Å². The molecule has 1 atom stereocenters. The Morgan fingerprint density at radius 1 is 1.00 bits per heavy atom. The second-order valence-corrected chi connectivity index (χ2v) is 11.9. The van der Waals surface area contributed by atoms with Gasteiger partial charge in [-0.25, -0.2) is 4.39 Å². The standard InChI is InChI=1S/C31H28ClF4N5O3/c32-21-4-5-23(24(33)12-21)29-43-26-3-1-2-22(27(26)44-29)18-6-8-41(9-7-18)14-25-19(10-17-15-42-16-17)11-20(13-37-25)28-38-30(40-39-28)31(34,35)36/h1-5,11-13,17-18,29H,6-10,14-16H2,(H,38,39,40)/t29-/m0/s1. The molecule has 0 aliphatic carbocycles. The fraction of sp³-hybridized carbons (Fsp3) is 0.387. The number of halogens is 5. The maximum absolute atomic E-state index is 14.6. The Hall–Kier alpha value is -3.74. The minimum Gasteiger partial charge on any atom is -0.447 e. The lowest BCUT2D eigenvalue weighted by Gasteiger charge is -2.33. The summed E-state index contributed by atoms with van der Waals surface area (Å²) in [5.74, 6) is 0.219. The van der Waals surface area contributed by atoms with Crippen molar-refractivity contribution in [3.05, 3.63) is 87.7 Å². The molecular weight excluding hydrogens is 602 g/mol. The van der Waals surface area contributed by atoms with Gasteiger partial charge in [0.15, 0.2) is 17.3 Å². The molecule has 0 amide bonds. The molecule has 8 nitrogen and oxygen atoms in total. The molecule has 0 bridgehead atoms. The van der Waals surface area contributed by atoms with Crippen LogP contribution in [0.2, 0.25) is 5.02 Å². The lowest BCUT2D eigenvalue weighted by Crippen LogP contribution is -2.34. The number of pyridine rings is 1. The number of aromatic nitrogens is 4. The number of ether oxygens (including phenoxy) is 3. The molecule has 230 valence electrons. The highest BCUT2D eigenvalue weighted by molar-refractivity contribution is 6.30. The Balaban J connectivity index is 1.04. The normalized spacial score (nSPS) is 19.3. The van der Waals surface area contributed by atoms with Crippen molar-refractivity contribution in [2.45, 2.75) is 44.2 Å². The summed E-state index contributed by atoms with van der Waals surface area (Å²) in [6, 6.07) is 12.1. The molecule has 1 N–H and O–H groups in total. The maximum Gasteiger partial charge on any atom is 0.451 e. The van der Waals surface area contributed by atoms with Crippen LogP contribution in [0.15, 0.2) is 48.7 Å². The minimum atomic E-state index is -4.61. The van der Waals surface area contributed by atoms with Crippen molar-refractivity contribution in [1.29, 1.82) is 0 Å². The zero-order valence-corrected chi connectivity index (χ0v) is 24.2. The van der Waals surface area contributed by atoms with Crippen LogP contribution in [0.25, 0.3) is 11.4 Å². The number of nitrogens with one attached hydrogen (secondary N) is 1. The van der Waals surface area contributed by atoms with Crippen LogP contribution in [-0.2, 0) is 23.9 Å². The van der Waals surface area contributed by atoms with Crippen molar-refractivity contribution in [2.24, 2.45) is 5.92 Å². The average Bonchev–Trinajstić information content (AvgIpc) is 3.64. The first-order chi connectivity index (χ1) is 21.2. The highest BCUT2D eigenvalue weighted by Crippen LogP contribution is 2.47. The van der Waals surface area contributed by atoms with E-state index in [-0.39, 0.29) is 11.7 Å². The van der Waals surface area contributed by atoms with Gasteiger partial charge in [-0.1, -0.05) is 23.7 Å². The van der Waals surface area contributed by atoms with Gasteiger partial charge in [0.05, 0.1) is 24.5 Å². The van der Waals surface area contributed by atoms with Crippen LogP contribution >= 0.6 is 11.6 Å². The number of alkyl halides is 3. The molecule has 0 spiro atoms. The number of rotatable bonds is 7. The average molecular weight is 630 g/mol. The Morgan fingerprint density at radius 2 is 1.82 bits per heavy atom. The van der Waals surface area contributed by atoms with Crippen LogP contribution in [0, 0.1) is 11.7 Å². The molecule has 2 aromatic heterocycles. The summed E-state index contributed by atoms with van der Waals surface area (Å²) in [6.45, 7) is 3.54. The molecule has 0 unspecified atom stereocenters. The zero-order chi connectivity index (χ0) is 30.4. The number of benzene rings is 2. The fourth-order valence-electron chi connectivity index (χ4n) is 5.97. The highest BCUT2D eigenvalue weighted by atomic mass is 35.5. The molecule has 44 heavy (non-hydrogen) atoms. The van der Waals surface area contributed by atoms with Gasteiger partial charge in [-0.05, 0) is 74.2 Å². The topological polar surface area (TPSA) is 85.4 Å². The largest absolute Gasteiger partial charge is 0.451 e. The van der Waals surface area contributed by atoms with E-state index in [1.807, 2.05) is 24.3 Å². The fourth-order valence-corrected chi connectivity index (χ4v) is 6.13. The van der Waals surface area contributed by atoms with Crippen molar-refractivity contribution >= 4 is 11.6 Å². The first-order valence-electron chi connectivity index (χ1n) is 14.4. The monoisotopic (exact) mass is 629 g/mol. The number of aromatic amines is 1. The van der Waals surface area contributed by atoms with Gasteiger partial charge in [0.2, 0.25) is 5.82 Å². The van der Waals surface area contributed by atoms with E-state index >= 15 is 0 Å². The van der Waals surface area contributed by atoms with Crippen LogP contribution in [0.3, 0.4) is 0 Å². The van der Waals surface area contributed by atoms with Gasteiger partial charge in [0.25, 0.3) is 6.29 Å². The summed E-state index contributed by atoms with van der Waals surface area (Å²) in [7, 11) is 0. The first-order valence-corrected chi connectivity index (χ1v) is 14.8. The lowest BCUT2D eigenvalue weighted by molar-refractivity contribution is -0.144. The summed E-state index contributed by atoms with van der Waals surface area (Å²) in [6.07, 6.45) is -1.46. The maximum atomic E-state index is 14.6. The predicted molar refractivity (Wildman–Crippen MR) is 152 cm³/mol. The molecule has 5 heterocycles. The van der Waals surface area contributed by atoms with Crippen molar-refractivity contribution in [1.82, 2.24) is 25.1 Å². The van der Waals surface area contributed by atoms with Crippen molar-refractivity contribution in [3.63, 3.8) is 0 Å². The molecule has 2 aromatic carbocycles. The van der Waals surface area contributed by atoms with E-state index in [1.165, 1.54) is 6.07 Å². The van der Waals surface area contributed by atoms with Crippen LogP contribution < -0.4 is 9.47 Å². The summed E-state index contributed by atoms with van der Waals surface area (Å²) < 4.78 is 71.2. The van der Waals surface area contributed by atoms with E-state index in [0.29, 0.717) is 53.3 Å². The number of H-pyrrole nitrogens is 1. The molecule has 0 radical (unpaired) electrons. The number of nitrogens with zero attached hydrogens (tertiary/aromatic N) is 4. The Morgan fingerprint density at radius 3 is 2.52 bits per heavy atom. The first kappa shape index (κ1) is 29.0. The van der Waals surface area contributed by atoms with Crippen LogP contribution in [0.1, 0.15) is 53.3 Å². The van der Waals surface area contributed by atoms with Crippen LogP contribution in [0.5, 0.6) is 11.5 Å².